The number of amides is 1. The van der Waals surface area contributed by atoms with E-state index in [1.165, 1.54) is 19.2 Å². The molecular formula is C27H31BrN2O5S. The summed E-state index contributed by atoms with van der Waals surface area (Å²) in [7, 11) is -0.943. The highest BCUT2D eigenvalue weighted by Crippen LogP contribution is 2.31. The summed E-state index contributed by atoms with van der Waals surface area (Å²) in [4.78, 5) is 13.3. The van der Waals surface area contributed by atoms with Gasteiger partial charge in [0, 0.05) is 0 Å². The summed E-state index contributed by atoms with van der Waals surface area (Å²) in [5, 5.41) is 3.00. The number of aryl methyl sites for hydroxylation is 2. The van der Waals surface area contributed by atoms with Gasteiger partial charge in [0.1, 0.15) is 18.0 Å². The first-order valence-electron chi connectivity index (χ1n) is 11.5. The monoisotopic (exact) mass is 574 g/mol. The maximum Gasteiger partial charge on any atom is 0.264 e. The number of carbonyl (C=O) groups excluding carboxylic acids is 1. The molecule has 0 bridgehead atoms. The Bertz CT molecular complexity index is 1330. The SMILES string of the molecule is CC[C@@H](NC(=O)CN(c1ccc(C)cc1)S(=O)(=O)c1ccc(OC)c(Br)c1)c1ccc(OC)c(C)c1. The molecule has 1 amide bonds. The number of benzene rings is 3. The summed E-state index contributed by atoms with van der Waals surface area (Å²) < 4.78 is 39.6. The van der Waals surface area contributed by atoms with Crippen molar-refractivity contribution < 1.29 is 22.7 Å². The largest absolute Gasteiger partial charge is 0.496 e. The van der Waals surface area contributed by atoms with Crippen molar-refractivity contribution in [1.29, 1.82) is 0 Å². The molecule has 0 aliphatic heterocycles. The van der Waals surface area contributed by atoms with Gasteiger partial charge in [-0.15, -0.1) is 0 Å². The van der Waals surface area contributed by atoms with Crippen molar-refractivity contribution in [3.63, 3.8) is 0 Å². The van der Waals surface area contributed by atoms with E-state index < -0.39 is 15.9 Å². The zero-order valence-electron chi connectivity index (χ0n) is 21.0. The third kappa shape index (κ3) is 6.20. The molecule has 3 rings (SSSR count). The predicted molar refractivity (Wildman–Crippen MR) is 145 cm³/mol. The zero-order valence-corrected chi connectivity index (χ0v) is 23.4. The highest BCUT2D eigenvalue weighted by molar-refractivity contribution is 9.10. The van der Waals surface area contributed by atoms with E-state index in [-0.39, 0.29) is 17.5 Å². The number of nitrogens with zero attached hydrogens (tertiary/aromatic N) is 1. The molecule has 1 N–H and O–H groups in total. The smallest absolute Gasteiger partial charge is 0.264 e. The number of rotatable bonds is 10. The Balaban J connectivity index is 1.93. The van der Waals surface area contributed by atoms with Gasteiger partial charge < -0.3 is 14.8 Å². The zero-order chi connectivity index (χ0) is 26.5. The summed E-state index contributed by atoms with van der Waals surface area (Å²) in [5.41, 5.74) is 3.26. The van der Waals surface area contributed by atoms with Crippen LogP contribution in [-0.4, -0.2) is 35.1 Å². The van der Waals surface area contributed by atoms with Crippen LogP contribution in [0.1, 0.15) is 36.1 Å². The van der Waals surface area contributed by atoms with Gasteiger partial charge in [0.05, 0.1) is 35.3 Å². The molecule has 3 aromatic carbocycles. The average Bonchev–Trinajstić information content (AvgIpc) is 2.86. The van der Waals surface area contributed by atoms with Crippen molar-refractivity contribution in [2.24, 2.45) is 0 Å². The molecule has 0 radical (unpaired) electrons. The number of hydrogen-bond acceptors (Lipinski definition) is 5. The Labute approximate surface area is 221 Å². The molecule has 0 aromatic heterocycles. The minimum atomic E-state index is -4.06. The number of methoxy groups -OCH3 is 2. The molecule has 0 aliphatic carbocycles. The van der Waals surface area contributed by atoms with Gasteiger partial charge in [0.15, 0.2) is 0 Å². The summed E-state index contributed by atoms with van der Waals surface area (Å²) >= 11 is 3.35. The Morgan fingerprint density at radius 2 is 1.61 bits per heavy atom. The molecule has 9 heteroatoms. The molecule has 0 heterocycles. The minimum Gasteiger partial charge on any atom is -0.496 e. The second-order valence-electron chi connectivity index (χ2n) is 8.40. The maximum atomic E-state index is 13.7. The Morgan fingerprint density at radius 1 is 0.972 bits per heavy atom. The normalized spacial score (nSPS) is 12.1. The fraction of sp³-hybridized carbons (Fsp3) is 0.296. The van der Waals surface area contributed by atoms with Gasteiger partial charge in [-0.3, -0.25) is 9.10 Å². The van der Waals surface area contributed by atoms with Gasteiger partial charge in [0.25, 0.3) is 10.0 Å². The van der Waals surface area contributed by atoms with Crippen LogP contribution in [0.3, 0.4) is 0 Å². The van der Waals surface area contributed by atoms with Gasteiger partial charge in [-0.2, -0.15) is 0 Å². The van der Waals surface area contributed by atoms with Crippen LogP contribution in [0.4, 0.5) is 5.69 Å². The van der Waals surface area contributed by atoms with Gasteiger partial charge in [0.2, 0.25) is 5.91 Å². The highest BCUT2D eigenvalue weighted by atomic mass is 79.9. The van der Waals surface area contributed by atoms with E-state index in [9.17, 15) is 13.2 Å². The first kappa shape index (κ1) is 27.5. The van der Waals surface area contributed by atoms with Crippen molar-refractivity contribution >= 4 is 37.5 Å². The molecule has 0 saturated carbocycles. The number of hydrogen-bond donors (Lipinski definition) is 1. The quantitative estimate of drug-likeness (QED) is 0.343. The number of sulfonamides is 1. The molecule has 3 aromatic rings. The van der Waals surface area contributed by atoms with Gasteiger partial charge in [-0.05, 0) is 83.7 Å². The van der Waals surface area contributed by atoms with Crippen LogP contribution in [0.25, 0.3) is 0 Å². The van der Waals surface area contributed by atoms with Crippen molar-refractivity contribution in [2.75, 3.05) is 25.1 Å². The number of carbonyl (C=O) groups is 1. The first-order valence-corrected chi connectivity index (χ1v) is 13.7. The molecule has 0 fully saturated rings. The van der Waals surface area contributed by atoms with E-state index in [1.807, 2.05) is 51.1 Å². The summed E-state index contributed by atoms with van der Waals surface area (Å²) in [6.07, 6.45) is 0.639. The molecule has 7 nitrogen and oxygen atoms in total. The molecule has 0 spiro atoms. The Hall–Kier alpha value is -3.04. The van der Waals surface area contributed by atoms with Crippen molar-refractivity contribution in [1.82, 2.24) is 5.32 Å². The van der Waals surface area contributed by atoms with Gasteiger partial charge >= 0.3 is 0 Å². The average molecular weight is 576 g/mol. The van der Waals surface area contributed by atoms with Crippen LogP contribution in [0.5, 0.6) is 11.5 Å². The van der Waals surface area contributed by atoms with Crippen molar-refractivity contribution in [2.45, 2.75) is 38.1 Å². The van der Waals surface area contributed by atoms with E-state index >= 15 is 0 Å². The van der Waals surface area contributed by atoms with Crippen LogP contribution in [0, 0.1) is 13.8 Å². The Kier molecular flexibility index (Phi) is 9.03. The lowest BCUT2D eigenvalue weighted by molar-refractivity contribution is -0.120. The second kappa shape index (κ2) is 11.8. The van der Waals surface area contributed by atoms with Crippen molar-refractivity contribution in [3.8, 4) is 11.5 Å². The lowest BCUT2D eigenvalue weighted by Gasteiger charge is -2.26. The standard InChI is InChI=1S/C27H31BrN2O5S/c1-6-24(20-9-13-25(34-4)19(3)15-20)29-27(31)17-30(21-10-7-18(2)8-11-21)36(32,33)22-12-14-26(35-5)23(28)16-22/h7-16,24H,6,17H2,1-5H3,(H,29,31)/t24-/m1/s1. The molecule has 0 saturated heterocycles. The van der Waals surface area contributed by atoms with Crippen LogP contribution < -0.4 is 19.1 Å². The molecule has 36 heavy (non-hydrogen) atoms. The van der Waals surface area contributed by atoms with E-state index in [4.69, 9.17) is 9.47 Å². The maximum absolute atomic E-state index is 13.7. The Morgan fingerprint density at radius 3 is 2.17 bits per heavy atom. The first-order chi connectivity index (χ1) is 17.1. The van der Waals surface area contributed by atoms with Crippen LogP contribution in [-0.2, 0) is 14.8 Å². The lowest BCUT2D eigenvalue weighted by atomic mass is 10.0. The number of halogens is 1. The molecule has 1 atom stereocenters. The van der Waals surface area contributed by atoms with E-state index in [0.29, 0.717) is 22.3 Å². The van der Waals surface area contributed by atoms with E-state index in [1.54, 1.807) is 25.3 Å². The second-order valence-corrected chi connectivity index (χ2v) is 11.1. The summed E-state index contributed by atoms with van der Waals surface area (Å²) in [6.45, 7) is 5.45. The summed E-state index contributed by atoms with van der Waals surface area (Å²) in [6, 6.07) is 17.0. The van der Waals surface area contributed by atoms with Gasteiger partial charge in [-0.25, -0.2) is 8.42 Å². The number of nitrogens with one attached hydrogen (secondary N) is 1. The van der Waals surface area contributed by atoms with E-state index in [0.717, 1.165) is 26.7 Å². The molecule has 192 valence electrons. The van der Waals surface area contributed by atoms with Gasteiger partial charge in [-0.1, -0.05) is 36.8 Å². The third-order valence-electron chi connectivity index (χ3n) is 5.89. The number of anilines is 1. The topological polar surface area (TPSA) is 84.9 Å². The predicted octanol–water partition coefficient (Wildman–Crippen LogP) is 5.55. The van der Waals surface area contributed by atoms with Crippen LogP contribution in [0.2, 0.25) is 0 Å². The van der Waals surface area contributed by atoms with Crippen LogP contribution in [0.15, 0.2) is 70.0 Å². The lowest BCUT2D eigenvalue weighted by Crippen LogP contribution is -2.42. The van der Waals surface area contributed by atoms with E-state index in [2.05, 4.69) is 21.2 Å². The fourth-order valence-electron chi connectivity index (χ4n) is 3.87. The molecule has 0 aliphatic rings. The fourth-order valence-corrected chi connectivity index (χ4v) is 6.01. The minimum absolute atomic E-state index is 0.0429. The third-order valence-corrected chi connectivity index (χ3v) is 8.27. The van der Waals surface area contributed by atoms with Crippen molar-refractivity contribution in [3.05, 3.63) is 81.8 Å². The summed E-state index contributed by atoms with van der Waals surface area (Å²) in [5.74, 6) is 0.864. The molecular weight excluding hydrogens is 544 g/mol. The van der Waals surface area contributed by atoms with Crippen LogP contribution >= 0.6 is 15.9 Å². The molecule has 0 unspecified atom stereocenters. The highest BCUT2D eigenvalue weighted by Gasteiger charge is 2.28. The number of ether oxygens (including phenoxy) is 2.